The van der Waals surface area contributed by atoms with Crippen molar-refractivity contribution < 1.29 is 4.42 Å². The van der Waals surface area contributed by atoms with E-state index in [1.54, 1.807) is 18.3 Å². The number of thiophene rings is 1. The molecule has 0 unspecified atom stereocenters. The summed E-state index contributed by atoms with van der Waals surface area (Å²) in [7, 11) is 0. The lowest BCUT2D eigenvalue weighted by molar-refractivity contribution is 0.429. The molecule has 0 bridgehead atoms. The van der Waals surface area contributed by atoms with Gasteiger partial charge < -0.3 is 10.2 Å². The standard InChI is InChI=1S/C11H11N3OS2/c1-8-13-14-11(15-8)17-7-10-9(3-2-5-12)4-6-16-10/h4,6H,5,7,12H2,1H3. The molecular formula is C11H11N3OS2. The third-order valence-corrected chi connectivity index (χ3v) is 3.85. The van der Waals surface area contributed by atoms with Crippen molar-refractivity contribution in [1.82, 2.24) is 10.2 Å². The predicted octanol–water partition coefficient (Wildman–Crippen LogP) is 2.04. The van der Waals surface area contributed by atoms with E-state index in [2.05, 4.69) is 22.0 Å². The van der Waals surface area contributed by atoms with Crippen LogP contribution in [-0.4, -0.2) is 16.7 Å². The molecule has 88 valence electrons. The van der Waals surface area contributed by atoms with Crippen LogP contribution in [0.2, 0.25) is 0 Å². The molecule has 6 heteroatoms. The highest BCUT2D eigenvalue weighted by Crippen LogP contribution is 2.26. The molecular weight excluding hydrogens is 254 g/mol. The molecule has 0 fully saturated rings. The number of thioether (sulfide) groups is 1. The Hall–Kier alpha value is -1.29. The number of nitrogens with two attached hydrogens (primary N) is 1. The lowest BCUT2D eigenvalue weighted by Gasteiger charge is -1.94. The molecule has 0 saturated carbocycles. The van der Waals surface area contributed by atoms with Crippen LogP contribution in [0, 0.1) is 18.8 Å². The van der Waals surface area contributed by atoms with Crippen LogP contribution in [0.4, 0.5) is 0 Å². The highest BCUT2D eigenvalue weighted by Gasteiger charge is 2.07. The number of aromatic nitrogens is 2. The molecule has 2 N–H and O–H groups in total. The van der Waals surface area contributed by atoms with Gasteiger partial charge in [-0.05, 0) is 11.4 Å². The first-order valence-corrected chi connectivity index (χ1v) is 6.84. The zero-order chi connectivity index (χ0) is 12.1. The molecule has 2 aromatic rings. The van der Waals surface area contributed by atoms with E-state index in [-0.39, 0.29) is 0 Å². The van der Waals surface area contributed by atoms with E-state index in [1.807, 2.05) is 11.4 Å². The molecule has 0 saturated heterocycles. The normalized spacial score (nSPS) is 10.0. The molecule has 17 heavy (non-hydrogen) atoms. The smallest absolute Gasteiger partial charge is 0.276 e. The van der Waals surface area contributed by atoms with Gasteiger partial charge in [0.2, 0.25) is 5.89 Å². The van der Waals surface area contributed by atoms with Crippen LogP contribution in [0.1, 0.15) is 16.3 Å². The van der Waals surface area contributed by atoms with Crippen molar-refractivity contribution in [1.29, 1.82) is 0 Å². The van der Waals surface area contributed by atoms with E-state index in [9.17, 15) is 0 Å². The van der Waals surface area contributed by atoms with Gasteiger partial charge >= 0.3 is 0 Å². The minimum Gasteiger partial charge on any atom is -0.416 e. The van der Waals surface area contributed by atoms with Crippen molar-refractivity contribution in [3.8, 4) is 11.8 Å². The number of hydrogen-bond donors (Lipinski definition) is 1. The zero-order valence-corrected chi connectivity index (χ0v) is 10.9. The molecule has 0 spiro atoms. The summed E-state index contributed by atoms with van der Waals surface area (Å²) in [6.45, 7) is 2.16. The minimum absolute atomic E-state index is 0.380. The first-order chi connectivity index (χ1) is 8.29. The maximum atomic E-state index is 5.35. The van der Waals surface area contributed by atoms with E-state index in [4.69, 9.17) is 10.2 Å². The Morgan fingerprint density at radius 2 is 2.41 bits per heavy atom. The maximum Gasteiger partial charge on any atom is 0.276 e. The molecule has 0 amide bonds. The average molecular weight is 265 g/mol. The van der Waals surface area contributed by atoms with E-state index >= 15 is 0 Å². The van der Waals surface area contributed by atoms with Gasteiger partial charge in [0.05, 0.1) is 6.54 Å². The first kappa shape index (κ1) is 12.2. The van der Waals surface area contributed by atoms with Crippen molar-refractivity contribution in [2.45, 2.75) is 17.9 Å². The molecule has 2 aromatic heterocycles. The van der Waals surface area contributed by atoms with Crippen molar-refractivity contribution in [2.24, 2.45) is 5.73 Å². The lowest BCUT2D eigenvalue weighted by Crippen LogP contribution is -1.93. The summed E-state index contributed by atoms with van der Waals surface area (Å²) in [6.07, 6.45) is 0. The van der Waals surface area contributed by atoms with E-state index in [1.165, 1.54) is 16.6 Å². The molecule has 2 rings (SSSR count). The molecule has 4 nitrogen and oxygen atoms in total. The van der Waals surface area contributed by atoms with Gasteiger partial charge in [-0.1, -0.05) is 23.6 Å². The van der Waals surface area contributed by atoms with Gasteiger partial charge in [0.15, 0.2) is 0 Å². The fourth-order valence-corrected chi connectivity index (χ4v) is 2.93. The van der Waals surface area contributed by atoms with Crippen LogP contribution in [-0.2, 0) is 5.75 Å². The quantitative estimate of drug-likeness (QED) is 0.679. The maximum absolute atomic E-state index is 5.35. The largest absolute Gasteiger partial charge is 0.416 e. The summed E-state index contributed by atoms with van der Waals surface area (Å²) in [5.74, 6) is 7.28. The number of rotatable bonds is 3. The average Bonchev–Trinajstić information content (AvgIpc) is 2.92. The van der Waals surface area contributed by atoms with E-state index < -0.39 is 0 Å². The molecule has 2 heterocycles. The van der Waals surface area contributed by atoms with Crippen molar-refractivity contribution >= 4 is 23.1 Å². The van der Waals surface area contributed by atoms with E-state index in [0.29, 0.717) is 17.7 Å². The van der Waals surface area contributed by atoms with Gasteiger partial charge in [-0.2, -0.15) is 0 Å². The summed E-state index contributed by atoms with van der Waals surface area (Å²) < 4.78 is 5.29. The van der Waals surface area contributed by atoms with Gasteiger partial charge in [-0.3, -0.25) is 0 Å². The Bertz CT molecular complexity index is 550. The van der Waals surface area contributed by atoms with Crippen LogP contribution < -0.4 is 5.73 Å². The van der Waals surface area contributed by atoms with Gasteiger partial charge in [0.25, 0.3) is 5.22 Å². The Morgan fingerprint density at radius 3 is 3.12 bits per heavy atom. The first-order valence-electron chi connectivity index (χ1n) is 4.98. The summed E-state index contributed by atoms with van der Waals surface area (Å²) in [6, 6.07) is 2.00. The zero-order valence-electron chi connectivity index (χ0n) is 9.27. The highest BCUT2D eigenvalue weighted by atomic mass is 32.2. The third-order valence-electron chi connectivity index (χ3n) is 1.90. The Labute approximate surface area is 108 Å². The van der Waals surface area contributed by atoms with E-state index in [0.717, 1.165) is 11.3 Å². The van der Waals surface area contributed by atoms with Crippen molar-refractivity contribution in [3.05, 3.63) is 27.8 Å². The van der Waals surface area contributed by atoms with Gasteiger partial charge in [0.1, 0.15) is 0 Å². The Morgan fingerprint density at radius 1 is 1.53 bits per heavy atom. The van der Waals surface area contributed by atoms with Crippen LogP contribution >= 0.6 is 23.1 Å². The minimum atomic E-state index is 0.380. The van der Waals surface area contributed by atoms with Crippen molar-refractivity contribution in [3.63, 3.8) is 0 Å². The topological polar surface area (TPSA) is 64.9 Å². The number of nitrogens with zero attached hydrogens (tertiary/aromatic N) is 2. The molecule has 0 aliphatic heterocycles. The molecule has 0 aromatic carbocycles. The summed E-state index contributed by atoms with van der Waals surface area (Å²) in [4.78, 5) is 1.20. The van der Waals surface area contributed by atoms with Gasteiger partial charge in [0, 0.05) is 23.1 Å². The molecule has 0 atom stereocenters. The van der Waals surface area contributed by atoms with Crippen LogP contribution in [0.5, 0.6) is 0 Å². The molecule has 0 radical (unpaired) electrons. The number of hydrogen-bond acceptors (Lipinski definition) is 6. The second-order valence-electron chi connectivity index (χ2n) is 3.14. The third kappa shape index (κ3) is 3.33. The SMILES string of the molecule is Cc1nnc(SCc2sccc2C#CCN)o1. The van der Waals surface area contributed by atoms with Crippen LogP contribution in [0.3, 0.4) is 0 Å². The van der Waals surface area contributed by atoms with Crippen LogP contribution in [0.15, 0.2) is 21.1 Å². The van der Waals surface area contributed by atoms with Crippen LogP contribution in [0.25, 0.3) is 0 Å². The van der Waals surface area contributed by atoms with Gasteiger partial charge in [-0.25, -0.2) is 0 Å². The second-order valence-corrected chi connectivity index (χ2v) is 5.07. The molecule has 0 aliphatic carbocycles. The molecule has 0 aliphatic rings. The Balaban J connectivity index is 2.01. The lowest BCUT2D eigenvalue weighted by atomic mass is 10.3. The number of aryl methyl sites for hydroxylation is 1. The highest BCUT2D eigenvalue weighted by molar-refractivity contribution is 7.98. The predicted molar refractivity (Wildman–Crippen MR) is 68.8 cm³/mol. The fraction of sp³-hybridized carbons (Fsp3) is 0.273. The summed E-state index contributed by atoms with van der Waals surface area (Å²) in [5, 5.41) is 10.3. The second kappa shape index (κ2) is 5.87. The monoisotopic (exact) mass is 265 g/mol. The van der Waals surface area contributed by atoms with Gasteiger partial charge in [-0.15, -0.1) is 21.5 Å². The Kier molecular flexibility index (Phi) is 4.20. The fourth-order valence-electron chi connectivity index (χ4n) is 1.17. The summed E-state index contributed by atoms with van der Waals surface area (Å²) in [5.41, 5.74) is 6.39. The van der Waals surface area contributed by atoms with Crippen molar-refractivity contribution in [2.75, 3.05) is 6.54 Å². The summed E-state index contributed by atoms with van der Waals surface area (Å²) >= 11 is 3.19.